The molecule has 30 heavy (non-hydrogen) atoms. The summed E-state index contributed by atoms with van der Waals surface area (Å²) in [6, 6.07) is 13.9. The highest BCUT2D eigenvalue weighted by atomic mass is 16.5. The number of nitrogens with two attached hydrogens (primary N) is 1. The van der Waals surface area contributed by atoms with Crippen LogP contribution in [0.15, 0.2) is 72.6 Å². The summed E-state index contributed by atoms with van der Waals surface area (Å²) in [5.41, 5.74) is 10.6. The Morgan fingerprint density at radius 1 is 1.20 bits per heavy atom. The number of nitriles is 1. The number of aryl methyl sites for hydroxylation is 1. The molecule has 4 aromatic rings. The van der Waals surface area contributed by atoms with E-state index in [1.807, 2.05) is 54.1 Å². The number of ether oxygens (including phenoxy) is 1. The van der Waals surface area contributed by atoms with Gasteiger partial charge in [-0.05, 0) is 36.8 Å². The van der Waals surface area contributed by atoms with Crippen LogP contribution in [0.1, 0.15) is 22.9 Å². The summed E-state index contributed by atoms with van der Waals surface area (Å²) in [4.78, 5) is 8.45. The molecule has 3 N–H and O–H groups in total. The third kappa shape index (κ3) is 2.72. The average Bonchev–Trinajstić information content (AvgIpc) is 3.39. The first-order chi connectivity index (χ1) is 14.7. The average molecular weight is 395 g/mol. The van der Waals surface area contributed by atoms with Gasteiger partial charge in [-0.15, -0.1) is 0 Å². The van der Waals surface area contributed by atoms with Crippen molar-refractivity contribution in [2.24, 2.45) is 5.73 Å². The Balaban J connectivity index is 1.65. The van der Waals surface area contributed by atoms with Crippen molar-refractivity contribution in [3.05, 3.63) is 89.6 Å². The van der Waals surface area contributed by atoms with Crippen LogP contribution < -0.4 is 10.5 Å². The van der Waals surface area contributed by atoms with E-state index in [-0.39, 0.29) is 5.88 Å². The van der Waals surface area contributed by atoms with Crippen molar-refractivity contribution in [1.82, 2.24) is 24.7 Å². The van der Waals surface area contributed by atoms with Crippen LogP contribution in [0.25, 0.3) is 16.9 Å². The number of H-pyrrole nitrogens is 1. The zero-order valence-corrected chi connectivity index (χ0v) is 16.1. The second-order valence-electron chi connectivity index (χ2n) is 6.92. The molecule has 0 bridgehead atoms. The van der Waals surface area contributed by atoms with Crippen LogP contribution in [0.4, 0.5) is 0 Å². The third-order valence-electron chi connectivity index (χ3n) is 5.21. The number of fused-ring (bicyclic) bond motifs is 1. The molecule has 0 radical (unpaired) electrons. The van der Waals surface area contributed by atoms with Crippen molar-refractivity contribution in [2.75, 3.05) is 0 Å². The fraction of sp³-hybridized carbons (Fsp3) is 0.0909. The molecule has 8 heteroatoms. The van der Waals surface area contributed by atoms with E-state index < -0.39 is 5.92 Å². The Kier molecular flexibility index (Phi) is 4.07. The van der Waals surface area contributed by atoms with Gasteiger partial charge in [0.05, 0.1) is 11.5 Å². The zero-order valence-electron chi connectivity index (χ0n) is 16.1. The molecule has 1 aromatic carbocycles. The van der Waals surface area contributed by atoms with Crippen molar-refractivity contribution in [3.63, 3.8) is 0 Å². The van der Waals surface area contributed by atoms with Gasteiger partial charge in [0.1, 0.15) is 23.2 Å². The minimum Gasteiger partial charge on any atom is -0.422 e. The summed E-state index contributed by atoms with van der Waals surface area (Å²) in [5, 5.41) is 17.2. The topological polar surface area (TPSA) is 118 Å². The smallest absolute Gasteiger partial charge is 0.222 e. The molecule has 0 amide bonds. The van der Waals surface area contributed by atoms with Crippen LogP contribution in [0.2, 0.25) is 0 Å². The molecule has 0 saturated heterocycles. The summed E-state index contributed by atoms with van der Waals surface area (Å²) in [6.45, 7) is 1.95. The summed E-state index contributed by atoms with van der Waals surface area (Å²) >= 11 is 0. The summed E-state index contributed by atoms with van der Waals surface area (Å²) in [5.74, 6) is 0.994. The normalized spacial score (nSPS) is 15.4. The molecule has 1 atom stereocenters. The van der Waals surface area contributed by atoms with Crippen molar-refractivity contribution >= 4 is 0 Å². The lowest BCUT2D eigenvalue weighted by Crippen LogP contribution is -2.21. The monoisotopic (exact) mass is 395 g/mol. The van der Waals surface area contributed by atoms with Gasteiger partial charge in [-0.2, -0.15) is 10.4 Å². The molecule has 146 valence electrons. The predicted molar refractivity (Wildman–Crippen MR) is 109 cm³/mol. The highest BCUT2D eigenvalue weighted by Gasteiger charge is 2.35. The lowest BCUT2D eigenvalue weighted by molar-refractivity contribution is 0.379. The Labute approximate surface area is 172 Å². The molecular formula is C22H17N7O. The standard InChI is InChI=1S/C22H17N7O/c1-13-26-9-10-29(13)16-6-4-14(5-7-16)18-17(11-23)21(24)30-22-19(18)20(27-28-22)15-3-2-8-25-12-15/h2-10,12,18H,24H2,1H3,(H,27,28). The van der Waals surface area contributed by atoms with E-state index in [1.165, 1.54) is 0 Å². The Hall–Kier alpha value is -4.38. The van der Waals surface area contributed by atoms with Crippen LogP contribution >= 0.6 is 0 Å². The van der Waals surface area contributed by atoms with E-state index in [0.717, 1.165) is 28.2 Å². The molecule has 1 aliphatic heterocycles. The fourth-order valence-corrected chi connectivity index (χ4v) is 3.79. The molecule has 3 aromatic heterocycles. The molecule has 0 saturated carbocycles. The first kappa shape index (κ1) is 17.7. The van der Waals surface area contributed by atoms with Gasteiger partial charge in [0.25, 0.3) is 0 Å². The number of pyridine rings is 1. The van der Waals surface area contributed by atoms with E-state index >= 15 is 0 Å². The minimum atomic E-state index is -0.411. The van der Waals surface area contributed by atoms with Crippen molar-refractivity contribution in [3.8, 4) is 28.9 Å². The second-order valence-corrected chi connectivity index (χ2v) is 6.92. The van der Waals surface area contributed by atoms with Gasteiger partial charge < -0.3 is 15.0 Å². The summed E-state index contributed by atoms with van der Waals surface area (Å²) in [6.07, 6.45) is 7.10. The molecular weight excluding hydrogens is 378 g/mol. The first-order valence-electron chi connectivity index (χ1n) is 9.34. The van der Waals surface area contributed by atoms with E-state index in [4.69, 9.17) is 10.5 Å². The van der Waals surface area contributed by atoms with Crippen LogP contribution in [0, 0.1) is 18.3 Å². The number of allylic oxidation sites excluding steroid dienone is 1. The molecule has 0 fully saturated rings. The van der Waals surface area contributed by atoms with Gasteiger partial charge in [0, 0.05) is 36.0 Å². The van der Waals surface area contributed by atoms with E-state index in [2.05, 4.69) is 26.2 Å². The number of nitrogens with zero attached hydrogens (tertiary/aromatic N) is 5. The lowest BCUT2D eigenvalue weighted by Gasteiger charge is -2.24. The zero-order chi connectivity index (χ0) is 20.7. The summed E-state index contributed by atoms with van der Waals surface area (Å²) < 4.78 is 7.67. The lowest BCUT2D eigenvalue weighted by atomic mass is 9.83. The largest absolute Gasteiger partial charge is 0.422 e. The number of benzene rings is 1. The van der Waals surface area contributed by atoms with Crippen LogP contribution in [0.3, 0.4) is 0 Å². The van der Waals surface area contributed by atoms with Gasteiger partial charge in [-0.3, -0.25) is 4.98 Å². The van der Waals surface area contributed by atoms with E-state index in [1.54, 1.807) is 18.6 Å². The van der Waals surface area contributed by atoms with Gasteiger partial charge in [0.15, 0.2) is 0 Å². The number of imidazole rings is 1. The van der Waals surface area contributed by atoms with Crippen LogP contribution in [-0.2, 0) is 0 Å². The molecule has 8 nitrogen and oxygen atoms in total. The number of hydrogen-bond donors (Lipinski definition) is 2. The van der Waals surface area contributed by atoms with Crippen molar-refractivity contribution < 1.29 is 4.74 Å². The fourth-order valence-electron chi connectivity index (χ4n) is 3.79. The number of nitrogens with one attached hydrogen (secondary N) is 1. The van der Waals surface area contributed by atoms with E-state index in [9.17, 15) is 5.26 Å². The van der Waals surface area contributed by atoms with Crippen LogP contribution in [-0.4, -0.2) is 24.7 Å². The maximum atomic E-state index is 9.84. The SMILES string of the molecule is Cc1nccn1-c1ccc(C2C(C#N)=C(N)Oc3[nH]nc(-c4cccnc4)c32)cc1. The highest BCUT2D eigenvalue weighted by molar-refractivity contribution is 5.70. The van der Waals surface area contributed by atoms with Gasteiger partial charge in [-0.25, -0.2) is 10.1 Å². The summed E-state index contributed by atoms with van der Waals surface area (Å²) in [7, 11) is 0. The van der Waals surface area contributed by atoms with Crippen molar-refractivity contribution in [1.29, 1.82) is 5.26 Å². The van der Waals surface area contributed by atoms with Gasteiger partial charge in [-0.1, -0.05) is 12.1 Å². The number of hydrogen-bond acceptors (Lipinski definition) is 6. The van der Waals surface area contributed by atoms with E-state index in [0.29, 0.717) is 17.1 Å². The number of rotatable bonds is 3. The highest BCUT2D eigenvalue weighted by Crippen LogP contribution is 2.45. The molecule has 5 rings (SSSR count). The maximum absolute atomic E-state index is 9.84. The van der Waals surface area contributed by atoms with Crippen molar-refractivity contribution in [2.45, 2.75) is 12.8 Å². The molecule has 4 heterocycles. The number of aromatic amines is 1. The molecule has 0 aliphatic carbocycles. The van der Waals surface area contributed by atoms with Gasteiger partial charge >= 0.3 is 0 Å². The van der Waals surface area contributed by atoms with Crippen LogP contribution in [0.5, 0.6) is 5.88 Å². The van der Waals surface area contributed by atoms with Gasteiger partial charge in [0.2, 0.25) is 11.8 Å². The predicted octanol–water partition coefficient (Wildman–Crippen LogP) is 3.18. The first-order valence-corrected chi connectivity index (χ1v) is 9.34. The Morgan fingerprint density at radius 3 is 2.70 bits per heavy atom. The molecule has 0 spiro atoms. The Bertz CT molecular complexity index is 1290. The molecule has 1 unspecified atom stereocenters. The Morgan fingerprint density at radius 2 is 2.03 bits per heavy atom. The second kappa shape index (κ2) is 6.90. The third-order valence-corrected chi connectivity index (χ3v) is 5.21. The quantitative estimate of drug-likeness (QED) is 0.550. The maximum Gasteiger partial charge on any atom is 0.222 e. The number of aromatic nitrogens is 5. The molecule has 1 aliphatic rings. The minimum absolute atomic E-state index is 0.0749.